The average molecular weight is 622 g/mol. The van der Waals surface area contributed by atoms with Crippen LogP contribution in [0.3, 0.4) is 0 Å². The van der Waals surface area contributed by atoms with E-state index in [1.54, 1.807) is 6.07 Å². The fourth-order valence-corrected chi connectivity index (χ4v) is 11.8. The topological polar surface area (TPSA) is 72.5 Å². The van der Waals surface area contributed by atoms with Crippen molar-refractivity contribution in [1.82, 2.24) is 0 Å². The highest BCUT2D eigenvalue weighted by atomic mass is 35.5. The number of rotatable bonds is 3. The van der Waals surface area contributed by atoms with Gasteiger partial charge >= 0.3 is 5.97 Å². The molecule has 0 aliphatic heterocycles. The van der Waals surface area contributed by atoms with Gasteiger partial charge in [0.15, 0.2) is 5.78 Å². The number of carbonyl (C=O) groups excluding carboxylic acids is 3. The van der Waals surface area contributed by atoms with Crippen LogP contribution >= 0.6 is 11.6 Å². The third-order valence-corrected chi connectivity index (χ3v) is 14.8. The highest BCUT2D eigenvalue weighted by molar-refractivity contribution is 6.33. The van der Waals surface area contributed by atoms with Crippen LogP contribution in [0, 0.1) is 50.2 Å². The molecule has 1 aromatic carbocycles. The lowest BCUT2D eigenvalue weighted by molar-refractivity contribution is -0.210. The number of para-hydroxylation sites is 1. The normalized spacial score (nSPS) is 44.2. The second-order valence-corrected chi connectivity index (χ2v) is 17.6. The minimum Gasteiger partial charge on any atom is -0.462 e. The van der Waals surface area contributed by atoms with E-state index in [-0.39, 0.29) is 62.7 Å². The maximum Gasteiger partial charge on any atom is 0.302 e. The van der Waals surface area contributed by atoms with Gasteiger partial charge < -0.3 is 10.1 Å². The lowest BCUT2D eigenvalue weighted by Gasteiger charge is -2.70. The predicted octanol–water partition coefficient (Wildman–Crippen LogP) is 9.19. The first-order chi connectivity index (χ1) is 20.4. The SMILES string of the molecule is CC(=O)O[C@@H]1CC[C@]2(C)[C@H](CC[C@]3(C)[C@@H]2C(=O)C=C2[C@@H]4C[C@](C)(C(=O)Nc5ccccc5Cl)CC[C@@]4(C)CC[C@@]23C)C1(C)C. The Balaban J connectivity index is 1.35. The number of nitrogens with one attached hydrogen (secondary N) is 1. The Labute approximate surface area is 269 Å². The van der Waals surface area contributed by atoms with Crippen LogP contribution in [0.2, 0.25) is 5.02 Å². The summed E-state index contributed by atoms with van der Waals surface area (Å²) in [6.45, 7) is 17.8. The molecule has 0 bridgehead atoms. The Bertz CT molecular complexity index is 1430. The summed E-state index contributed by atoms with van der Waals surface area (Å²) >= 11 is 6.42. The zero-order valence-corrected chi connectivity index (χ0v) is 28.8. The van der Waals surface area contributed by atoms with Crippen LogP contribution in [0.25, 0.3) is 0 Å². The minimum atomic E-state index is -0.550. The van der Waals surface area contributed by atoms with Gasteiger partial charge in [0.25, 0.3) is 0 Å². The number of allylic oxidation sites excluding steroid dienone is 2. The maximum absolute atomic E-state index is 14.7. The zero-order chi connectivity index (χ0) is 32.1. The summed E-state index contributed by atoms with van der Waals surface area (Å²) in [6.07, 6.45) is 10.4. The zero-order valence-electron chi connectivity index (χ0n) is 28.1. The van der Waals surface area contributed by atoms with E-state index < -0.39 is 5.41 Å². The molecule has 1 amide bonds. The molecule has 0 aromatic heterocycles. The first kappa shape index (κ1) is 31.8. The lowest BCUT2D eigenvalue weighted by Crippen LogP contribution is -2.66. The van der Waals surface area contributed by atoms with E-state index in [4.69, 9.17) is 16.3 Å². The highest BCUT2D eigenvalue weighted by Gasteiger charge is 2.70. The minimum absolute atomic E-state index is 0.0199. The van der Waals surface area contributed by atoms with E-state index in [1.807, 2.05) is 18.2 Å². The summed E-state index contributed by atoms with van der Waals surface area (Å²) in [5.41, 5.74) is 0.845. The standard InChI is InChI=1S/C38H52ClNO4/c1-23(41)44-30-14-15-36(6)29(33(30,2)3)13-16-38(8)31(36)28(42)21-24-25-22-35(5,18-17-34(25,4)19-20-37(24,38)7)32(43)40-27-12-10-9-11-26(27)39/h9-12,21,25,29-31H,13-20,22H2,1-8H3,(H,40,43)/t25-,29+,30+,31+,34-,35+,36+,37-,38+/m0/s1. The molecule has 0 unspecified atom stereocenters. The van der Waals surface area contributed by atoms with Crippen molar-refractivity contribution < 1.29 is 19.1 Å². The number of halogens is 1. The second kappa shape index (κ2) is 10.2. The van der Waals surface area contributed by atoms with Gasteiger partial charge in [0.05, 0.1) is 10.7 Å². The number of anilines is 1. The Kier molecular flexibility index (Phi) is 7.36. The molecule has 1 N–H and O–H groups in total. The molecule has 9 atom stereocenters. The van der Waals surface area contributed by atoms with Crippen LogP contribution in [-0.2, 0) is 19.1 Å². The number of amides is 1. The van der Waals surface area contributed by atoms with Crippen LogP contribution in [0.4, 0.5) is 5.69 Å². The number of fused-ring (bicyclic) bond motifs is 7. The Morgan fingerprint density at radius 1 is 0.909 bits per heavy atom. The van der Waals surface area contributed by atoms with E-state index in [1.165, 1.54) is 12.5 Å². The summed E-state index contributed by atoms with van der Waals surface area (Å²) in [5.74, 6) is 0.501. The molecule has 4 saturated carbocycles. The maximum atomic E-state index is 14.7. The van der Waals surface area contributed by atoms with Crippen molar-refractivity contribution in [2.75, 3.05) is 5.32 Å². The lowest BCUT2D eigenvalue weighted by atomic mass is 9.33. The predicted molar refractivity (Wildman–Crippen MR) is 175 cm³/mol. The van der Waals surface area contributed by atoms with Crippen LogP contribution in [-0.4, -0.2) is 23.8 Å². The number of hydrogen-bond acceptors (Lipinski definition) is 4. The van der Waals surface area contributed by atoms with Crippen molar-refractivity contribution in [2.45, 2.75) is 119 Å². The van der Waals surface area contributed by atoms with Gasteiger partial charge in [-0.15, -0.1) is 0 Å². The number of benzene rings is 1. The largest absolute Gasteiger partial charge is 0.462 e. The fourth-order valence-electron chi connectivity index (χ4n) is 11.6. The van der Waals surface area contributed by atoms with Crippen LogP contribution < -0.4 is 5.32 Å². The van der Waals surface area contributed by atoms with Crippen LogP contribution in [0.1, 0.15) is 113 Å². The van der Waals surface area contributed by atoms with E-state index >= 15 is 0 Å². The molecule has 5 aliphatic rings. The van der Waals surface area contributed by atoms with Gasteiger partial charge in [0.2, 0.25) is 5.91 Å². The van der Waals surface area contributed by atoms with Gasteiger partial charge in [-0.2, -0.15) is 0 Å². The van der Waals surface area contributed by atoms with E-state index in [0.717, 1.165) is 57.8 Å². The second-order valence-electron chi connectivity index (χ2n) is 17.1. The molecule has 6 rings (SSSR count). The number of hydrogen-bond donors (Lipinski definition) is 1. The Hall–Kier alpha value is -2.14. The molecule has 5 aliphatic carbocycles. The third-order valence-electron chi connectivity index (χ3n) is 14.5. The summed E-state index contributed by atoms with van der Waals surface area (Å²) in [6, 6.07) is 7.42. The molecule has 240 valence electrons. The van der Waals surface area contributed by atoms with Crippen molar-refractivity contribution in [3.8, 4) is 0 Å². The molecule has 0 heterocycles. The number of ketones is 1. The molecule has 0 spiro atoms. The first-order valence-electron chi connectivity index (χ1n) is 16.9. The van der Waals surface area contributed by atoms with E-state index in [0.29, 0.717) is 16.6 Å². The van der Waals surface area contributed by atoms with Crippen molar-refractivity contribution in [3.05, 3.63) is 40.9 Å². The first-order valence-corrected chi connectivity index (χ1v) is 17.3. The van der Waals surface area contributed by atoms with Gasteiger partial charge in [0.1, 0.15) is 6.10 Å². The van der Waals surface area contributed by atoms with Gasteiger partial charge in [0, 0.05) is 23.7 Å². The van der Waals surface area contributed by atoms with Crippen molar-refractivity contribution in [1.29, 1.82) is 0 Å². The molecule has 0 radical (unpaired) electrons. The van der Waals surface area contributed by atoms with Crippen molar-refractivity contribution >= 4 is 34.9 Å². The average Bonchev–Trinajstić information content (AvgIpc) is 2.93. The molecular formula is C38H52ClNO4. The monoisotopic (exact) mass is 621 g/mol. The summed E-state index contributed by atoms with van der Waals surface area (Å²) in [7, 11) is 0. The van der Waals surface area contributed by atoms with Crippen molar-refractivity contribution in [2.24, 2.45) is 50.2 Å². The number of carbonyl (C=O) groups is 3. The number of ether oxygens (including phenoxy) is 1. The summed E-state index contributed by atoms with van der Waals surface area (Å²) in [4.78, 5) is 40.5. The van der Waals surface area contributed by atoms with Gasteiger partial charge in [-0.05, 0) is 109 Å². The highest BCUT2D eigenvalue weighted by Crippen LogP contribution is 2.75. The molecule has 44 heavy (non-hydrogen) atoms. The Morgan fingerprint density at radius 3 is 2.27 bits per heavy atom. The van der Waals surface area contributed by atoms with Gasteiger partial charge in [-0.25, -0.2) is 0 Å². The van der Waals surface area contributed by atoms with E-state index in [9.17, 15) is 14.4 Å². The van der Waals surface area contributed by atoms with E-state index in [2.05, 4.69) is 59.9 Å². The molecule has 4 fully saturated rings. The summed E-state index contributed by atoms with van der Waals surface area (Å²) in [5, 5.41) is 3.69. The van der Waals surface area contributed by atoms with Gasteiger partial charge in [-0.3, -0.25) is 14.4 Å². The smallest absolute Gasteiger partial charge is 0.302 e. The molecule has 5 nitrogen and oxygen atoms in total. The third kappa shape index (κ3) is 4.41. The van der Waals surface area contributed by atoms with Crippen LogP contribution in [0.5, 0.6) is 0 Å². The quantitative estimate of drug-likeness (QED) is 0.342. The molecule has 6 heteroatoms. The van der Waals surface area contributed by atoms with Gasteiger partial charge in [-0.1, -0.05) is 77.8 Å². The van der Waals surface area contributed by atoms with Crippen molar-refractivity contribution in [3.63, 3.8) is 0 Å². The molecular weight excluding hydrogens is 570 g/mol. The molecule has 1 aromatic rings. The number of esters is 1. The summed E-state index contributed by atoms with van der Waals surface area (Å²) < 4.78 is 5.87. The fraction of sp³-hybridized carbons (Fsp3) is 0.711. The van der Waals surface area contributed by atoms with Crippen LogP contribution in [0.15, 0.2) is 35.9 Å². The molecule has 0 saturated heterocycles. The Morgan fingerprint density at radius 2 is 1.59 bits per heavy atom.